The molecule has 0 aliphatic carbocycles. The first-order valence-electron chi connectivity index (χ1n) is 15.0. The van der Waals surface area contributed by atoms with Gasteiger partial charge in [-0.25, -0.2) is 9.59 Å². The van der Waals surface area contributed by atoms with E-state index < -0.39 is 24.3 Å². The van der Waals surface area contributed by atoms with Crippen LogP contribution in [0.5, 0.6) is 17.2 Å². The second-order valence-corrected chi connectivity index (χ2v) is 12.7. The van der Waals surface area contributed by atoms with Crippen LogP contribution in [-0.2, 0) is 16.1 Å². The fourth-order valence-electron chi connectivity index (χ4n) is 5.18. The summed E-state index contributed by atoms with van der Waals surface area (Å²) >= 11 is 5.84. The maximum Gasteiger partial charge on any atom is 0.337 e. The number of halogens is 2. The Morgan fingerprint density at radius 1 is 1.08 bits per heavy atom. The van der Waals surface area contributed by atoms with Gasteiger partial charge in [-0.3, -0.25) is 5.43 Å². The van der Waals surface area contributed by atoms with Crippen LogP contribution in [-0.4, -0.2) is 49.9 Å². The fraction of sp³-hybridized carbons (Fsp3) is 0.229. The van der Waals surface area contributed by atoms with Gasteiger partial charge in [-0.1, -0.05) is 48.5 Å². The van der Waals surface area contributed by atoms with Crippen LogP contribution in [0.4, 0.5) is 4.79 Å². The number of hydrogen-bond acceptors (Lipinski definition) is 9. The van der Waals surface area contributed by atoms with Crippen molar-refractivity contribution in [1.82, 2.24) is 16.1 Å². The van der Waals surface area contributed by atoms with Gasteiger partial charge in [-0.2, -0.15) is 5.10 Å². The monoisotopic (exact) mass is 828 g/mol. The highest BCUT2D eigenvalue weighted by Gasteiger charge is 2.32. The van der Waals surface area contributed by atoms with Gasteiger partial charge in [0.2, 0.25) is 0 Å². The molecular weight excluding hydrogens is 795 g/mol. The molecule has 0 spiro atoms. The molecule has 4 aromatic carbocycles. The first kappa shape index (κ1) is 35.0. The van der Waals surface area contributed by atoms with E-state index in [2.05, 4.69) is 83.9 Å². The van der Waals surface area contributed by atoms with E-state index in [1.54, 1.807) is 31.3 Å². The molecular formula is C35H34BrIN4O7. The molecule has 48 heavy (non-hydrogen) atoms. The van der Waals surface area contributed by atoms with Crippen molar-refractivity contribution in [3.05, 3.63) is 109 Å². The first-order chi connectivity index (χ1) is 23.2. The van der Waals surface area contributed by atoms with Gasteiger partial charge in [-0.15, -0.1) is 0 Å². The van der Waals surface area contributed by atoms with E-state index in [9.17, 15) is 14.7 Å². The fourth-order valence-corrected chi connectivity index (χ4v) is 6.95. The Morgan fingerprint density at radius 2 is 1.88 bits per heavy atom. The first-order valence-corrected chi connectivity index (χ1v) is 16.9. The molecule has 0 radical (unpaired) electrons. The third-order valence-electron chi connectivity index (χ3n) is 7.38. The summed E-state index contributed by atoms with van der Waals surface area (Å²) in [6.45, 7) is 4.07. The minimum absolute atomic E-state index is 0.143. The summed E-state index contributed by atoms with van der Waals surface area (Å²) in [7, 11) is 1.28. The molecule has 11 nitrogen and oxygen atoms in total. The summed E-state index contributed by atoms with van der Waals surface area (Å²) in [6.07, 6.45) is 0.452. The number of hydrazone groups is 1. The summed E-state index contributed by atoms with van der Waals surface area (Å²) in [5.41, 5.74) is 5.82. The summed E-state index contributed by atoms with van der Waals surface area (Å²) in [5.74, 6) is 0.904. The van der Waals surface area contributed by atoms with Crippen molar-refractivity contribution in [3.8, 4) is 17.2 Å². The average molecular weight is 829 g/mol. The van der Waals surface area contributed by atoms with Crippen LogP contribution in [0.2, 0.25) is 0 Å². The van der Waals surface area contributed by atoms with Crippen molar-refractivity contribution in [3.63, 3.8) is 0 Å². The van der Waals surface area contributed by atoms with E-state index in [0.29, 0.717) is 36.0 Å². The lowest BCUT2D eigenvalue weighted by molar-refractivity contribution is -0.136. The molecule has 2 amide bonds. The number of amides is 2. The Balaban J connectivity index is 1.19. The molecule has 2 atom stereocenters. The molecule has 1 aliphatic heterocycles. The minimum atomic E-state index is -1.14. The van der Waals surface area contributed by atoms with Crippen molar-refractivity contribution in [2.24, 2.45) is 5.10 Å². The van der Waals surface area contributed by atoms with Crippen LogP contribution in [0.1, 0.15) is 36.6 Å². The van der Waals surface area contributed by atoms with Gasteiger partial charge in [0.05, 0.1) is 39.6 Å². The van der Waals surface area contributed by atoms with Crippen LogP contribution >= 0.6 is 38.5 Å². The minimum Gasteiger partial charge on any atom is -0.490 e. The Labute approximate surface area is 299 Å². The largest absolute Gasteiger partial charge is 0.490 e. The van der Waals surface area contributed by atoms with E-state index in [4.69, 9.17) is 18.9 Å². The van der Waals surface area contributed by atoms with Gasteiger partial charge >= 0.3 is 12.0 Å². The zero-order chi connectivity index (χ0) is 34.2. The number of nitrogens with zero attached hydrogens (tertiary/aromatic N) is 1. The number of allylic oxidation sites excluding steroid dienone is 1. The van der Waals surface area contributed by atoms with Crippen molar-refractivity contribution >= 4 is 67.5 Å². The van der Waals surface area contributed by atoms with Gasteiger partial charge in [0.25, 0.3) is 0 Å². The summed E-state index contributed by atoms with van der Waals surface area (Å²) < 4.78 is 24.4. The third kappa shape index (κ3) is 8.38. The molecule has 0 saturated heterocycles. The van der Waals surface area contributed by atoms with Crippen molar-refractivity contribution < 1.29 is 33.6 Å². The van der Waals surface area contributed by atoms with Crippen LogP contribution in [0, 0.1) is 3.57 Å². The Hall–Kier alpha value is -4.34. The molecule has 0 fully saturated rings. The van der Waals surface area contributed by atoms with E-state index in [1.807, 2.05) is 37.3 Å². The van der Waals surface area contributed by atoms with Gasteiger partial charge in [-0.05, 0) is 104 Å². The number of methoxy groups -OCH3 is 1. The predicted molar refractivity (Wildman–Crippen MR) is 194 cm³/mol. The molecule has 4 aromatic rings. The van der Waals surface area contributed by atoms with Crippen molar-refractivity contribution in [2.75, 3.05) is 20.3 Å². The molecule has 13 heteroatoms. The molecule has 0 saturated carbocycles. The van der Waals surface area contributed by atoms with Crippen molar-refractivity contribution in [2.45, 2.75) is 32.7 Å². The number of hydrogen-bond donors (Lipinski definition) is 4. The maximum absolute atomic E-state index is 12.5. The molecule has 4 N–H and O–H groups in total. The molecule has 250 valence electrons. The highest BCUT2D eigenvalue weighted by atomic mass is 127. The lowest BCUT2D eigenvalue weighted by atomic mass is 9.95. The quantitative estimate of drug-likeness (QED) is 0.0405. The van der Waals surface area contributed by atoms with E-state index in [-0.39, 0.29) is 12.2 Å². The molecule has 1 heterocycles. The number of fused-ring (bicyclic) bond motifs is 1. The molecule has 1 aliphatic rings. The van der Waals surface area contributed by atoms with E-state index in [0.717, 1.165) is 30.3 Å². The summed E-state index contributed by atoms with van der Waals surface area (Å²) in [6, 6.07) is 22.0. The van der Waals surface area contributed by atoms with Gasteiger partial charge in [0, 0.05) is 5.70 Å². The molecule has 5 rings (SSSR count). The molecule has 0 aromatic heterocycles. The zero-order valence-corrected chi connectivity index (χ0v) is 30.1. The number of carbonyl (C=O) groups excluding carboxylic acids is 2. The SMILES string of the molecule is CCOc1cc([C@@H]2NC(=O)NC(C)=C2C(=O)OC)ccc1OC[C@@H](O)N/N=C\c1cc(Br)c(OCc2cccc3ccccc23)c(I)c1. The van der Waals surface area contributed by atoms with Crippen LogP contribution < -0.4 is 30.3 Å². The number of rotatable bonds is 13. The number of carbonyl (C=O) groups is 2. The maximum atomic E-state index is 12.5. The average Bonchev–Trinajstić information content (AvgIpc) is 3.07. The van der Waals surface area contributed by atoms with Gasteiger partial charge in [0.15, 0.2) is 17.7 Å². The topological polar surface area (TPSA) is 140 Å². The highest BCUT2D eigenvalue weighted by molar-refractivity contribution is 14.1. The van der Waals surface area contributed by atoms with Crippen LogP contribution in [0.15, 0.2) is 93.6 Å². The number of esters is 1. The lowest BCUT2D eigenvalue weighted by Crippen LogP contribution is -2.45. The molecule has 0 unspecified atom stereocenters. The Bertz CT molecular complexity index is 1850. The highest BCUT2D eigenvalue weighted by Crippen LogP contribution is 2.35. The van der Waals surface area contributed by atoms with Crippen LogP contribution in [0.25, 0.3) is 10.8 Å². The van der Waals surface area contributed by atoms with Crippen molar-refractivity contribution in [1.29, 1.82) is 0 Å². The third-order valence-corrected chi connectivity index (χ3v) is 8.77. The van der Waals surface area contributed by atoms with Gasteiger partial charge in [0.1, 0.15) is 19.0 Å². The lowest BCUT2D eigenvalue weighted by Gasteiger charge is -2.28. The second kappa shape index (κ2) is 16.2. The van der Waals surface area contributed by atoms with Gasteiger partial charge < -0.3 is 34.7 Å². The number of benzene rings is 4. The number of aliphatic hydroxyl groups is 1. The normalized spacial score (nSPS) is 15.1. The van der Waals surface area contributed by atoms with Crippen LogP contribution in [0.3, 0.4) is 0 Å². The summed E-state index contributed by atoms with van der Waals surface area (Å²) in [5, 5.41) is 22.4. The number of aliphatic hydroxyl groups excluding tert-OH is 1. The zero-order valence-electron chi connectivity index (χ0n) is 26.4. The predicted octanol–water partition coefficient (Wildman–Crippen LogP) is 6.31. The number of nitrogens with one attached hydrogen (secondary N) is 3. The number of urea groups is 1. The van der Waals surface area contributed by atoms with E-state index >= 15 is 0 Å². The summed E-state index contributed by atoms with van der Waals surface area (Å²) in [4.78, 5) is 24.7. The van der Waals surface area contributed by atoms with E-state index in [1.165, 1.54) is 12.5 Å². The smallest absolute Gasteiger partial charge is 0.337 e. The standard InChI is InChI=1S/C35H34BrIN4O7/c1-4-46-29-16-23(32-31(34(43)45-3)20(2)39-35(44)40-32)12-13-28(29)47-19-30(42)41-38-17-21-14-26(36)33(27(37)15-21)48-18-24-10-7-9-22-8-5-6-11-25(22)24/h5-17,30,32,41-42H,4,18-19H2,1-3H3,(H2,39,40,44)/b38-17-/t30-,32+/m1/s1. The Morgan fingerprint density at radius 3 is 2.65 bits per heavy atom. The Kier molecular flexibility index (Phi) is 11.8. The second-order valence-electron chi connectivity index (χ2n) is 10.7. The molecule has 0 bridgehead atoms. The number of ether oxygens (including phenoxy) is 4.